The van der Waals surface area contributed by atoms with Crippen LogP contribution in [0.3, 0.4) is 0 Å². The predicted octanol–water partition coefficient (Wildman–Crippen LogP) is 1.65. The molecule has 1 aromatic heterocycles. The highest BCUT2D eigenvalue weighted by atomic mass is 16.4. The number of anilines is 1. The second kappa shape index (κ2) is 5.52. The number of carboxylic acids is 1. The molecule has 0 spiro atoms. The largest absolute Gasteiger partial charge is 0.481 e. The van der Waals surface area contributed by atoms with Crippen molar-refractivity contribution in [2.24, 2.45) is 11.8 Å². The number of carboxylic acid groups (broad SMARTS) is 1. The summed E-state index contributed by atoms with van der Waals surface area (Å²) < 4.78 is 1.75. The molecule has 2 heterocycles. The van der Waals surface area contributed by atoms with Gasteiger partial charge in [-0.25, -0.2) is 4.79 Å². The summed E-state index contributed by atoms with van der Waals surface area (Å²) in [5, 5.41) is 16.0. The molecular weight excluding hydrogens is 260 g/mol. The van der Waals surface area contributed by atoms with Gasteiger partial charge in [-0.15, -0.1) is 0 Å². The summed E-state index contributed by atoms with van der Waals surface area (Å²) in [7, 11) is 0. The van der Waals surface area contributed by atoms with Gasteiger partial charge in [0.25, 0.3) is 0 Å². The van der Waals surface area contributed by atoms with Gasteiger partial charge < -0.3 is 15.3 Å². The number of likely N-dealkylation sites (tertiary alicyclic amines) is 1. The van der Waals surface area contributed by atoms with Crippen LogP contribution >= 0.6 is 0 Å². The molecule has 2 N–H and O–H groups in total. The minimum Gasteiger partial charge on any atom is -0.481 e. The van der Waals surface area contributed by atoms with E-state index in [2.05, 4.69) is 10.4 Å². The summed E-state index contributed by atoms with van der Waals surface area (Å²) in [6, 6.07) is -0.0484. The van der Waals surface area contributed by atoms with Crippen molar-refractivity contribution in [3.63, 3.8) is 0 Å². The van der Waals surface area contributed by atoms with E-state index < -0.39 is 11.9 Å². The number of carbonyl (C=O) groups excluding carboxylic acids is 1. The van der Waals surface area contributed by atoms with Crippen LogP contribution in [0.15, 0.2) is 12.4 Å². The van der Waals surface area contributed by atoms with E-state index in [0.717, 1.165) is 0 Å². The third-order valence-electron chi connectivity index (χ3n) is 3.60. The van der Waals surface area contributed by atoms with Crippen LogP contribution in [-0.2, 0) is 4.79 Å². The van der Waals surface area contributed by atoms with Crippen molar-refractivity contribution in [3.05, 3.63) is 12.4 Å². The molecule has 0 radical (unpaired) electrons. The Morgan fingerprint density at radius 3 is 2.65 bits per heavy atom. The molecule has 7 nitrogen and oxygen atoms in total. The summed E-state index contributed by atoms with van der Waals surface area (Å²) in [6.07, 6.45) is 3.35. The molecule has 1 fully saturated rings. The first-order chi connectivity index (χ1) is 9.38. The molecule has 7 heteroatoms. The van der Waals surface area contributed by atoms with Gasteiger partial charge in [-0.2, -0.15) is 5.10 Å². The summed E-state index contributed by atoms with van der Waals surface area (Å²) >= 11 is 0. The maximum Gasteiger partial charge on any atom is 0.321 e. The minimum atomic E-state index is -0.847. The summed E-state index contributed by atoms with van der Waals surface area (Å²) in [5.41, 5.74) is 0.620. The zero-order valence-corrected chi connectivity index (χ0v) is 11.9. The molecule has 0 aromatic carbocycles. The number of nitrogens with zero attached hydrogens (tertiary/aromatic N) is 3. The molecule has 1 aliphatic rings. The van der Waals surface area contributed by atoms with Crippen molar-refractivity contribution >= 4 is 17.7 Å². The number of urea groups is 1. The lowest BCUT2D eigenvalue weighted by molar-refractivity contribution is -0.142. The van der Waals surface area contributed by atoms with Gasteiger partial charge in [0.2, 0.25) is 0 Å². The van der Waals surface area contributed by atoms with Gasteiger partial charge >= 0.3 is 12.0 Å². The van der Waals surface area contributed by atoms with Gasteiger partial charge in [-0.3, -0.25) is 9.48 Å². The Kier molecular flexibility index (Phi) is 3.96. The van der Waals surface area contributed by atoms with Crippen LogP contribution in [0.5, 0.6) is 0 Å². The van der Waals surface area contributed by atoms with Crippen molar-refractivity contribution in [1.82, 2.24) is 14.7 Å². The van der Waals surface area contributed by atoms with Crippen LogP contribution in [0.25, 0.3) is 0 Å². The van der Waals surface area contributed by atoms with Gasteiger partial charge in [0.05, 0.1) is 17.8 Å². The number of aliphatic carboxylic acids is 1. The molecule has 1 aromatic rings. The maximum atomic E-state index is 12.1. The van der Waals surface area contributed by atoms with Crippen molar-refractivity contribution < 1.29 is 14.7 Å². The number of hydrogen-bond acceptors (Lipinski definition) is 3. The minimum absolute atomic E-state index is 0.0309. The van der Waals surface area contributed by atoms with E-state index in [4.69, 9.17) is 5.11 Å². The number of aromatic nitrogens is 2. The molecule has 0 saturated carbocycles. The van der Waals surface area contributed by atoms with E-state index in [0.29, 0.717) is 12.2 Å². The monoisotopic (exact) mass is 280 g/mol. The van der Waals surface area contributed by atoms with Crippen molar-refractivity contribution in [2.75, 3.05) is 18.4 Å². The molecule has 2 rings (SSSR count). The predicted molar refractivity (Wildman–Crippen MR) is 73.5 cm³/mol. The third kappa shape index (κ3) is 2.92. The first-order valence-corrected chi connectivity index (χ1v) is 6.71. The zero-order chi connectivity index (χ0) is 14.9. The first kappa shape index (κ1) is 14.4. The fourth-order valence-electron chi connectivity index (χ4n) is 2.34. The van der Waals surface area contributed by atoms with E-state index in [1.54, 1.807) is 17.1 Å². The Morgan fingerprint density at radius 1 is 1.45 bits per heavy atom. The van der Waals surface area contributed by atoms with E-state index in [9.17, 15) is 9.59 Å². The Morgan fingerprint density at radius 2 is 2.15 bits per heavy atom. The fourth-order valence-corrected chi connectivity index (χ4v) is 2.34. The maximum absolute atomic E-state index is 12.1. The van der Waals surface area contributed by atoms with Gasteiger partial charge in [0.15, 0.2) is 0 Å². The van der Waals surface area contributed by atoms with E-state index in [1.165, 1.54) is 4.90 Å². The number of rotatable bonds is 3. The highest BCUT2D eigenvalue weighted by Crippen LogP contribution is 2.23. The smallest absolute Gasteiger partial charge is 0.321 e. The number of carbonyl (C=O) groups is 2. The van der Waals surface area contributed by atoms with Crippen LogP contribution < -0.4 is 5.32 Å². The van der Waals surface area contributed by atoms with Gasteiger partial charge in [0, 0.05) is 25.3 Å². The Balaban J connectivity index is 1.97. The average molecular weight is 280 g/mol. The van der Waals surface area contributed by atoms with E-state index >= 15 is 0 Å². The van der Waals surface area contributed by atoms with Crippen molar-refractivity contribution in [1.29, 1.82) is 0 Å². The number of amides is 2. The molecule has 2 atom stereocenters. The second-order valence-corrected chi connectivity index (χ2v) is 5.56. The molecule has 2 unspecified atom stereocenters. The molecule has 1 aliphatic heterocycles. The normalized spacial score (nSPS) is 22.3. The summed E-state index contributed by atoms with van der Waals surface area (Å²) in [4.78, 5) is 24.7. The molecule has 0 bridgehead atoms. The van der Waals surface area contributed by atoms with Crippen molar-refractivity contribution in [2.45, 2.75) is 26.8 Å². The molecule has 1 saturated heterocycles. The standard InChI is InChI=1S/C13H20N4O3/c1-8(2)17-6-10(4-14-17)15-13(20)16-5-9(3)11(7-16)12(18)19/h4,6,8-9,11H,5,7H2,1-3H3,(H,15,20)(H,18,19). The first-order valence-electron chi connectivity index (χ1n) is 6.71. The Hall–Kier alpha value is -2.05. The van der Waals surface area contributed by atoms with Crippen LogP contribution in [0.4, 0.5) is 10.5 Å². The summed E-state index contributed by atoms with van der Waals surface area (Å²) in [5.74, 6) is -1.36. The second-order valence-electron chi connectivity index (χ2n) is 5.56. The molecule has 110 valence electrons. The van der Waals surface area contributed by atoms with Gasteiger partial charge in [-0.05, 0) is 19.8 Å². The Labute approximate surface area is 117 Å². The molecule has 0 aliphatic carbocycles. The van der Waals surface area contributed by atoms with Crippen LogP contribution in [-0.4, -0.2) is 44.9 Å². The highest BCUT2D eigenvalue weighted by Gasteiger charge is 2.37. The molecular formula is C13H20N4O3. The number of hydrogen-bond donors (Lipinski definition) is 2. The van der Waals surface area contributed by atoms with Gasteiger partial charge in [-0.1, -0.05) is 6.92 Å². The summed E-state index contributed by atoms with van der Waals surface area (Å²) in [6.45, 7) is 6.56. The quantitative estimate of drug-likeness (QED) is 0.881. The SMILES string of the molecule is CC1CN(C(=O)Nc2cnn(C(C)C)c2)CC1C(=O)O. The fraction of sp³-hybridized carbons (Fsp3) is 0.615. The zero-order valence-electron chi connectivity index (χ0n) is 11.9. The topological polar surface area (TPSA) is 87.5 Å². The molecule has 20 heavy (non-hydrogen) atoms. The van der Waals surface area contributed by atoms with Crippen LogP contribution in [0.2, 0.25) is 0 Å². The lowest BCUT2D eigenvalue weighted by Crippen LogP contribution is -2.33. The van der Waals surface area contributed by atoms with Gasteiger partial charge in [0.1, 0.15) is 0 Å². The lowest BCUT2D eigenvalue weighted by Gasteiger charge is -2.15. The van der Waals surface area contributed by atoms with Crippen LogP contribution in [0, 0.1) is 11.8 Å². The van der Waals surface area contributed by atoms with Crippen LogP contribution in [0.1, 0.15) is 26.8 Å². The molecule has 2 amide bonds. The highest BCUT2D eigenvalue weighted by molar-refractivity contribution is 5.89. The third-order valence-corrected chi connectivity index (χ3v) is 3.60. The van der Waals surface area contributed by atoms with Crippen molar-refractivity contribution in [3.8, 4) is 0 Å². The lowest BCUT2D eigenvalue weighted by atomic mass is 9.99. The van der Waals surface area contributed by atoms with E-state index in [-0.39, 0.29) is 24.5 Å². The van der Waals surface area contributed by atoms with E-state index in [1.807, 2.05) is 20.8 Å². The number of nitrogens with one attached hydrogen (secondary N) is 1. The Bertz CT molecular complexity index is 511. The average Bonchev–Trinajstić information content (AvgIpc) is 2.95.